The summed E-state index contributed by atoms with van der Waals surface area (Å²) in [6, 6.07) is 9.93. The number of nitriles is 1. The van der Waals surface area contributed by atoms with Crippen molar-refractivity contribution in [1.82, 2.24) is 19.3 Å². The summed E-state index contributed by atoms with van der Waals surface area (Å²) < 4.78 is 52.1. The number of amides is 1. The van der Waals surface area contributed by atoms with Gasteiger partial charge < -0.3 is 19.4 Å². The minimum absolute atomic E-state index is 0.0971. The van der Waals surface area contributed by atoms with Crippen molar-refractivity contribution in [2.75, 3.05) is 31.8 Å². The van der Waals surface area contributed by atoms with Crippen LogP contribution < -0.4 is 19.5 Å². The van der Waals surface area contributed by atoms with E-state index in [0.717, 1.165) is 17.6 Å². The van der Waals surface area contributed by atoms with E-state index in [4.69, 9.17) is 9.47 Å². The maximum Gasteiger partial charge on any atom is 0.278 e. The molecule has 0 radical (unpaired) electrons. The highest BCUT2D eigenvalue weighted by Gasteiger charge is 2.22. The van der Waals surface area contributed by atoms with Crippen LogP contribution in [0.3, 0.4) is 0 Å². The lowest BCUT2D eigenvalue weighted by Gasteiger charge is -2.10. The number of thiophene rings is 1. The maximum absolute atomic E-state index is 14.6. The van der Waals surface area contributed by atoms with Crippen LogP contribution in [0.2, 0.25) is 0 Å². The number of benzene rings is 1. The van der Waals surface area contributed by atoms with E-state index in [9.17, 15) is 22.9 Å². The first kappa shape index (κ1) is 26.8. The number of anilines is 1. The third-order valence-electron chi connectivity index (χ3n) is 5.34. The molecule has 4 aromatic rings. The van der Waals surface area contributed by atoms with Gasteiger partial charge in [-0.15, -0.1) is 11.3 Å². The van der Waals surface area contributed by atoms with Crippen LogP contribution in [0.5, 0.6) is 11.5 Å². The van der Waals surface area contributed by atoms with Crippen LogP contribution >= 0.6 is 11.3 Å². The first-order chi connectivity index (χ1) is 18.2. The van der Waals surface area contributed by atoms with E-state index in [-0.39, 0.29) is 35.0 Å². The predicted molar refractivity (Wildman–Crippen MR) is 140 cm³/mol. The summed E-state index contributed by atoms with van der Waals surface area (Å²) >= 11 is 1.03. The van der Waals surface area contributed by atoms with Crippen molar-refractivity contribution < 1.29 is 27.1 Å². The zero-order valence-electron chi connectivity index (χ0n) is 20.6. The summed E-state index contributed by atoms with van der Waals surface area (Å²) in [6.45, 7) is 2.56. The Morgan fingerprint density at radius 2 is 2.08 bits per heavy atom. The Balaban J connectivity index is 1.57. The van der Waals surface area contributed by atoms with Crippen LogP contribution in [-0.2, 0) is 16.6 Å². The number of hydrogen-bond donors (Lipinski definition) is 2. The summed E-state index contributed by atoms with van der Waals surface area (Å²) in [5, 5.41) is 13.3. The van der Waals surface area contributed by atoms with E-state index >= 15 is 0 Å². The van der Waals surface area contributed by atoms with Crippen molar-refractivity contribution in [2.45, 2.75) is 13.5 Å². The molecule has 0 aliphatic heterocycles. The second-order valence-electron chi connectivity index (χ2n) is 7.94. The molecule has 0 saturated heterocycles. The molecular formula is C24H23FN6O5S2. The number of hydrogen-bond acceptors (Lipinski definition) is 10. The molecule has 4 rings (SSSR count). The highest BCUT2D eigenvalue weighted by atomic mass is 32.2. The molecule has 14 heteroatoms. The molecule has 0 aliphatic rings. The number of rotatable bonds is 10. The van der Waals surface area contributed by atoms with Crippen LogP contribution in [0.1, 0.15) is 22.3 Å². The molecule has 2 N–H and O–H groups in total. The van der Waals surface area contributed by atoms with Gasteiger partial charge in [-0.3, -0.25) is 4.79 Å². The molecule has 1 aromatic carbocycles. The molecule has 198 valence electrons. The number of sulfonamides is 1. The number of halogens is 1. The highest BCUT2D eigenvalue weighted by molar-refractivity contribution is 7.89. The van der Waals surface area contributed by atoms with Gasteiger partial charge in [0.05, 0.1) is 36.1 Å². The van der Waals surface area contributed by atoms with Gasteiger partial charge in [-0.2, -0.15) is 5.26 Å². The third kappa shape index (κ3) is 5.53. The Kier molecular flexibility index (Phi) is 7.79. The highest BCUT2D eigenvalue weighted by Crippen LogP contribution is 2.36. The standard InChI is InChI=1S/C24H23FN6O5S2/c1-4-36-18-11-19(37-23(18)24(32)30-38(3,33)34)16-10-20(29-13-28-16)27-8-9-31-17(12-26)22(35-2)14-6-5-7-15(25)21(14)31/h5-7,10-11,13H,4,8-9H2,1-3H3,(H,30,32)(H,27,28,29). The molecular weight excluding hydrogens is 535 g/mol. The second-order valence-corrected chi connectivity index (χ2v) is 10.7. The lowest BCUT2D eigenvalue weighted by atomic mass is 10.2. The van der Waals surface area contributed by atoms with E-state index in [2.05, 4.69) is 21.4 Å². The number of para-hydroxylation sites is 1. The maximum atomic E-state index is 14.6. The summed E-state index contributed by atoms with van der Waals surface area (Å²) in [5.74, 6) is -0.267. The van der Waals surface area contributed by atoms with Crippen molar-refractivity contribution >= 4 is 44.0 Å². The number of methoxy groups -OCH3 is 1. The molecule has 0 unspecified atom stereocenters. The summed E-state index contributed by atoms with van der Waals surface area (Å²) in [7, 11) is -2.32. The molecule has 0 atom stereocenters. The van der Waals surface area contributed by atoms with Gasteiger partial charge in [0.25, 0.3) is 5.91 Å². The average Bonchev–Trinajstić information content (AvgIpc) is 3.43. The number of carbonyl (C=O) groups is 1. The lowest BCUT2D eigenvalue weighted by molar-refractivity contribution is 0.0982. The largest absolute Gasteiger partial charge is 0.493 e. The number of nitrogens with zero attached hydrogens (tertiary/aromatic N) is 4. The minimum Gasteiger partial charge on any atom is -0.493 e. The zero-order chi connectivity index (χ0) is 27.4. The summed E-state index contributed by atoms with van der Waals surface area (Å²) in [6.07, 6.45) is 2.23. The molecule has 11 nitrogen and oxygen atoms in total. The Morgan fingerprint density at radius 3 is 2.76 bits per heavy atom. The van der Waals surface area contributed by atoms with Gasteiger partial charge in [-0.1, -0.05) is 6.07 Å². The van der Waals surface area contributed by atoms with E-state index < -0.39 is 21.7 Å². The van der Waals surface area contributed by atoms with Gasteiger partial charge in [0.2, 0.25) is 10.0 Å². The van der Waals surface area contributed by atoms with Crippen molar-refractivity contribution in [3.63, 3.8) is 0 Å². The molecule has 1 amide bonds. The summed E-state index contributed by atoms with van der Waals surface area (Å²) in [4.78, 5) is 21.6. The van der Waals surface area contributed by atoms with E-state index in [0.29, 0.717) is 34.1 Å². The van der Waals surface area contributed by atoms with Crippen molar-refractivity contribution in [1.29, 1.82) is 5.26 Å². The first-order valence-corrected chi connectivity index (χ1v) is 14.0. The Hall–Kier alpha value is -4.22. The fourth-order valence-electron chi connectivity index (χ4n) is 3.90. The Morgan fingerprint density at radius 1 is 1.29 bits per heavy atom. The fraction of sp³-hybridized carbons (Fsp3) is 0.250. The van der Waals surface area contributed by atoms with E-state index in [1.807, 2.05) is 4.72 Å². The minimum atomic E-state index is -3.76. The molecule has 0 aliphatic carbocycles. The number of carbonyl (C=O) groups excluding carboxylic acids is 1. The van der Waals surface area contributed by atoms with Crippen molar-refractivity contribution in [3.8, 4) is 28.1 Å². The Labute approximate surface area is 221 Å². The average molecular weight is 559 g/mol. The number of nitrogens with one attached hydrogen (secondary N) is 2. The molecule has 0 spiro atoms. The predicted octanol–water partition coefficient (Wildman–Crippen LogP) is 3.38. The number of fused-ring (bicyclic) bond motifs is 1. The van der Waals surface area contributed by atoms with Crippen LogP contribution in [0, 0.1) is 17.1 Å². The van der Waals surface area contributed by atoms with Gasteiger partial charge in [0, 0.05) is 30.6 Å². The second kappa shape index (κ2) is 11.0. The van der Waals surface area contributed by atoms with Crippen LogP contribution in [0.25, 0.3) is 21.5 Å². The van der Waals surface area contributed by atoms with Crippen molar-refractivity contribution in [3.05, 3.63) is 53.0 Å². The first-order valence-electron chi connectivity index (χ1n) is 11.3. The molecule has 0 fully saturated rings. The molecule has 38 heavy (non-hydrogen) atoms. The molecule has 3 heterocycles. The normalized spacial score (nSPS) is 11.2. The van der Waals surface area contributed by atoms with Crippen molar-refractivity contribution in [2.24, 2.45) is 0 Å². The van der Waals surface area contributed by atoms with Crippen LogP contribution in [0.4, 0.5) is 10.2 Å². The summed E-state index contributed by atoms with van der Waals surface area (Å²) in [5.41, 5.74) is 0.955. The topological polar surface area (TPSA) is 148 Å². The van der Waals surface area contributed by atoms with E-state index in [1.165, 1.54) is 19.5 Å². The van der Waals surface area contributed by atoms with Crippen LogP contribution in [0.15, 0.2) is 36.7 Å². The SMILES string of the molecule is CCOc1cc(-c2cc(NCCn3c(C#N)c(OC)c4cccc(F)c43)ncn2)sc1C(=O)NS(C)(=O)=O. The van der Waals surface area contributed by atoms with Gasteiger partial charge in [-0.25, -0.2) is 27.5 Å². The third-order valence-corrected chi connectivity index (χ3v) is 7.03. The monoisotopic (exact) mass is 558 g/mol. The van der Waals surface area contributed by atoms with E-state index in [1.54, 1.807) is 35.8 Å². The number of aromatic nitrogens is 3. The smallest absolute Gasteiger partial charge is 0.278 e. The van der Waals surface area contributed by atoms with Gasteiger partial charge in [-0.05, 0) is 19.1 Å². The Bertz CT molecular complexity index is 1660. The lowest BCUT2D eigenvalue weighted by Crippen LogP contribution is -2.28. The molecule has 0 bridgehead atoms. The zero-order valence-corrected chi connectivity index (χ0v) is 22.2. The molecule has 0 saturated carbocycles. The fourth-order valence-corrected chi connectivity index (χ4v) is 5.36. The van der Waals surface area contributed by atoms with Gasteiger partial charge in [0.1, 0.15) is 34.7 Å². The van der Waals surface area contributed by atoms with Gasteiger partial charge >= 0.3 is 0 Å². The number of ether oxygens (including phenoxy) is 2. The van der Waals surface area contributed by atoms with Crippen LogP contribution in [-0.4, -0.2) is 55.4 Å². The van der Waals surface area contributed by atoms with Gasteiger partial charge in [0.15, 0.2) is 11.4 Å². The molecule has 3 aromatic heterocycles. The quantitative estimate of drug-likeness (QED) is 0.299.